The minimum Gasteiger partial charge on any atom is -0.496 e. The highest BCUT2D eigenvalue weighted by molar-refractivity contribution is 7.89. The van der Waals surface area contributed by atoms with Crippen LogP contribution in [0.3, 0.4) is 0 Å². The van der Waals surface area contributed by atoms with Crippen molar-refractivity contribution in [3.05, 3.63) is 57.0 Å². The first-order valence-electron chi connectivity index (χ1n) is 7.44. The predicted molar refractivity (Wildman–Crippen MR) is 95.8 cm³/mol. The van der Waals surface area contributed by atoms with Crippen LogP contribution in [0.5, 0.6) is 5.75 Å². The van der Waals surface area contributed by atoms with Crippen molar-refractivity contribution in [2.24, 2.45) is 0 Å². The van der Waals surface area contributed by atoms with Gasteiger partial charge in [0.1, 0.15) is 5.75 Å². The van der Waals surface area contributed by atoms with Gasteiger partial charge in [-0.15, -0.1) is 11.3 Å². The summed E-state index contributed by atoms with van der Waals surface area (Å²) in [7, 11) is -2.51. The van der Waals surface area contributed by atoms with Crippen LogP contribution in [0.1, 0.15) is 16.1 Å². The highest BCUT2D eigenvalue weighted by atomic mass is 32.2. The average molecular weight is 379 g/mol. The molecule has 2 aromatic heterocycles. The third-order valence-corrected chi connectivity index (χ3v) is 6.12. The van der Waals surface area contributed by atoms with E-state index in [9.17, 15) is 13.2 Å². The van der Waals surface area contributed by atoms with Crippen molar-refractivity contribution in [2.75, 3.05) is 7.11 Å². The number of ether oxygens (including phenoxy) is 1. The highest BCUT2D eigenvalue weighted by Crippen LogP contribution is 2.19. The summed E-state index contributed by atoms with van der Waals surface area (Å²) in [5.41, 5.74) is 0.255. The van der Waals surface area contributed by atoms with Crippen molar-refractivity contribution < 1.29 is 13.2 Å². The number of nitrogens with one attached hydrogen (secondary N) is 1. The number of aryl methyl sites for hydroxylation is 2. The molecule has 0 radical (unpaired) electrons. The second-order valence-corrected chi connectivity index (χ2v) is 8.38. The van der Waals surface area contributed by atoms with Crippen LogP contribution in [0, 0.1) is 13.8 Å². The largest absolute Gasteiger partial charge is 0.496 e. The number of hydrogen-bond donors (Lipinski definition) is 1. The van der Waals surface area contributed by atoms with Gasteiger partial charge < -0.3 is 4.74 Å². The van der Waals surface area contributed by atoms with Gasteiger partial charge in [-0.1, -0.05) is 18.2 Å². The topological polar surface area (TPSA) is 89.8 Å². The first kappa shape index (κ1) is 17.6. The summed E-state index contributed by atoms with van der Waals surface area (Å²) < 4.78 is 34.3. The second kappa shape index (κ2) is 6.58. The Bertz CT molecular complexity index is 1100. The third kappa shape index (κ3) is 3.30. The van der Waals surface area contributed by atoms with Crippen molar-refractivity contribution in [2.45, 2.75) is 25.3 Å². The molecule has 0 saturated carbocycles. The standard InChI is InChI=1S/C16H17N3O4S2/c1-10-9-19-15(20)14(11(2)18-16(19)24-10)25(21,22)17-8-12-6-4-5-7-13(12)23-3/h4-7,9,17H,8H2,1-3H3. The van der Waals surface area contributed by atoms with Gasteiger partial charge in [-0.25, -0.2) is 18.1 Å². The zero-order valence-electron chi connectivity index (χ0n) is 13.9. The van der Waals surface area contributed by atoms with E-state index in [1.165, 1.54) is 29.8 Å². The molecule has 0 unspecified atom stereocenters. The number of benzene rings is 1. The Morgan fingerprint density at radius 1 is 1.28 bits per heavy atom. The minimum absolute atomic E-state index is 0.0105. The van der Waals surface area contributed by atoms with Crippen molar-refractivity contribution in [3.8, 4) is 5.75 Å². The summed E-state index contributed by atoms with van der Waals surface area (Å²) in [6.45, 7) is 3.37. The van der Waals surface area contributed by atoms with Gasteiger partial charge in [0.2, 0.25) is 10.0 Å². The molecule has 25 heavy (non-hydrogen) atoms. The number of hydrogen-bond acceptors (Lipinski definition) is 6. The molecule has 0 saturated heterocycles. The fraction of sp³-hybridized carbons (Fsp3) is 0.250. The van der Waals surface area contributed by atoms with Crippen molar-refractivity contribution in [3.63, 3.8) is 0 Å². The van der Waals surface area contributed by atoms with E-state index in [2.05, 4.69) is 9.71 Å². The monoisotopic (exact) mass is 379 g/mol. The zero-order chi connectivity index (χ0) is 18.2. The molecule has 7 nitrogen and oxygen atoms in total. The van der Waals surface area contributed by atoms with Gasteiger partial charge in [-0.3, -0.25) is 9.20 Å². The van der Waals surface area contributed by atoms with Gasteiger partial charge in [-0.2, -0.15) is 0 Å². The predicted octanol–water partition coefficient (Wildman–Crippen LogP) is 1.86. The number of rotatable bonds is 5. The van der Waals surface area contributed by atoms with E-state index < -0.39 is 15.6 Å². The van der Waals surface area contributed by atoms with Gasteiger partial charge in [0.15, 0.2) is 9.86 Å². The van der Waals surface area contributed by atoms with Crippen LogP contribution in [-0.2, 0) is 16.6 Å². The lowest BCUT2D eigenvalue weighted by Gasteiger charge is -2.11. The van der Waals surface area contributed by atoms with E-state index in [0.29, 0.717) is 16.3 Å². The Hall–Kier alpha value is -2.23. The van der Waals surface area contributed by atoms with Crippen LogP contribution >= 0.6 is 11.3 Å². The molecule has 1 N–H and O–H groups in total. The van der Waals surface area contributed by atoms with Gasteiger partial charge >= 0.3 is 0 Å². The number of para-hydroxylation sites is 1. The molecule has 0 fully saturated rings. The molecule has 1 aromatic carbocycles. The molecule has 0 atom stereocenters. The maximum atomic E-state index is 12.7. The fourth-order valence-electron chi connectivity index (χ4n) is 2.54. The summed E-state index contributed by atoms with van der Waals surface area (Å²) in [4.78, 5) is 17.9. The molecule has 0 spiro atoms. The summed E-state index contributed by atoms with van der Waals surface area (Å²) >= 11 is 1.34. The average Bonchev–Trinajstić information content (AvgIpc) is 2.93. The summed E-state index contributed by atoms with van der Waals surface area (Å²) in [6.07, 6.45) is 1.59. The van der Waals surface area contributed by atoms with Crippen LogP contribution in [-0.4, -0.2) is 24.9 Å². The summed E-state index contributed by atoms with van der Waals surface area (Å²) in [5.74, 6) is 0.570. The van der Waals surface area contributed by atoms with Crippen molar-refractivity contribution >= 4 is 26.3 Å². The SMILES string of the molecule is COc1ccccc1CNS(=O)(=O)c1c(C)nc2sc(C)cn2c1=O. The number of fused-ring (bicyclic) bond motifs is 1. The van der Waals surface area contributed by atoms with Gasteiger partial charge in [0, 0.05) is 23.2 Å². The number of sulfonamides is 1. The molecule has 9 heteroatoms. The van der Waals surface area contributed by atoms with E-state index in [1.54, 1.807) is 30.5 Å². The molecular weight excluding hydrogens is 362 g/mol. The number of nitrogens with zero attached hydrogens (tertiary/aromatic N) is 2. The molecule has 0 aliphatic carbocycles. The molecule has 3 aromatic rings. The van der Waals surface area contributed by atoms with E-state index in [0.717, 1.165) is 4.88 Å². The Morgan fingerprint density at radius 2 is 2.00 bits per heavy atom. The molecule has 0 amide bonds. The van der Waals surface area contributed by atoms with E-state index in [-0.39, 0.29) is 17.1 Å². The quantitative estimate of drug-likeness (QED) is 0.731. The maximum Gasteiger partial charge on any atom is 0.279 e. The van der Waals surface area contributed by atoms with Gasteiger partial charge in [0.05, 0.1) is 12.8 Å². The van der Waals surface area contributed by atoms with E-state index in [1.807, 2.05) is 6.92 Å². The van der Waals surface area contributed by atoms with Crippen LogP contribution < -0.4 is 15.0 Å². The second-order valence-electron chi connectivity index (χ2n) is 5.46. The van der Waals surface area contributed by atoms with Gasteiger partial charge in [-0.05, 0) is 19.9 Å². The van der Waals surface area contributed by atoms with Crippen LogP contribution in [0.4, 0.5) is 0 Å². The Balaban J connectivity index is 2.00. The maximum absolute atomic E-state index is 12.7. The Kier molecular flexibility index (Phi) is 4.63. The number of methoxy groups -OCH3 is 1. The molecule has 0 aliphatic heterocycles. The van der Waals surface area contributed by atoms with Crippen LogP contribution in [0.25, 0.3) is 4.96 Å². The summed E-state index contributed by atoms with van der Waals surface area (Å²) in [5, 5.41) is 0. The number of thiazole rings is 1. The first-order valence-corrected chi connectivity index (χ1v) is 9.74. The molecular formula is C16H17N3O4S2. The van der Waals surface area contributed by atoms with Crippen molar-refractivity contribution in [1.82, 2.24) is 14.1 Å². The smallest absolute Gasteiger partial charge is 0.279 e. The lowest BCUT2D eigenvalue weighted by atomic mass is 10.2. The lowest BCUT2D eigenvalue weighted by molar-refractivity contribution is 0.409. The van der Waals surface area contributed by atoms with Crippen molar-refractivity contribution in [1.29, 1.82) is 0 Å². The highest BCUT2D eigenvalue weighted by Gasteiger charge is 2.24. The molecule has 2 heterocycles. The minimum atomic E-state index is -4.02. The summed E-state index contributed by atoms with van der Waals surface area (Å²) in [6, 6.07) is 7.08. The Morgan fingerprint density at radius 3 is 2.72 bits per heavy atom. The van der Waals surface area contributed by atoms with Gasteiger partial charge in [0.25, 0.3) is 5.56 Å². The number of aromatic nitrogens is 2. The normalized spacial score (nSPS) is 11.8. The lowest BCUT2D eigenvalue weighted by Crippen LogP contribution is -2.32. The van der Waals surface area contributed by atoms with E-state index >= 15 is 0 Å². The molecule has 132 valence electrons. The van der Waals surface area contributed by atoms with Crippen LogP contribution in [0.2, 0.25) is 0 Å². The Labute approximate surface area is 149 Å². The molecule has 0 aliphatic rings. The fourth-order valence-corrected chi connectivity index (χ4v) is 4.66. The molecule has 3 rings (SSSR count). The zero-order valence-corrected chi connectivity index (χ0v) is 15.6. The van der Waals surface area contributed by atoms with Crippen LogP contribution in [0.15, 0.2) is 40.2 Å². The molecule has 0 bridgehead atoms. The first-order chi connectivity index (χ1) is 11.8. The third-order valence-electron chi connectivity index (χ3n) is 3.69. The van der Waals surface area contributed by atoms with E-state index in [4.69, 9.17) is 4.74 Å².